The first-order chi connectivity index (χ1) is 30.8. The molecule has 0 aliphatic heterocycles. The van der Waals surface area contributed by atoms with E-state index in [4.69, 9.17) is 15.0 Å². The Hall–Kier alpha value is -8.66. The maximum absolute atomic E-state index is 14.4. The molecule has 0 radical (unpaired) electrons. The smallest absolute Gasteiger partial charge is 0.309 e. The monoisotopic (exact) mass is 820 g/mol. The molecular weight excluding hydrogens is 790 g/mol. The van der Waals surface area contributed by atoms with Crippen LogP contribution in [0.3, 0.4) is 0 Å². The second-order valence-electron chi connectivity index (χ2n) is 15.0. The van der Waals surface area contributed by atoms with Gasteiger partial charge in [-0.05, 0) is 70.3 Å². The third-order valence-electron chi connectivity index (χ3n) is 11.2. The van der Waals surface area contributed by atoms with E-state index in [1.165, 1.54) is 12.1 Å². The van der Waals surface area contributed by atoms with E-state index >= 15 is 0 Å². The lowest BCUT2D eigenvalue weighted by molar-refractivity contribution is -0.137. The summed E-state index contributed by atoms with van der Waals surface area (Å²) < 4.78 is 45.2. The summed E-state index contributed by atoms with van der Waals surface area (Å²) in [5, 5.41) is 22.0. The van der Waals surface area contributed by atoms with Crippen molar-refractivity contribution in [2.45, 2.75) is 6.18 Å². The number of rotatable bonds is 7. The van der Waals surface area contributed by atoms with Crippen molar-refractivity contribution in [3.05, 3.63) is 205 Å². The molecule has 0 aliphatic rings. The van der Waals surface area contributed by atoms with Crippen LogP contribution >= 0.6 is 0 Å². The van der Waals surface area contributed by atoms with Crippen molar-refractivity contribution in [3.63, 3.8) is 0 Å². The topological polar surface area (TPSA) is 91.2 Å². The van der Waals surface area contributed by atoms with E-state index in [1.54, 1.807) is 18.2 Å². The van der Waals surface area contributed by atoms with Gasteiger partial charge in [-0.2, -0.15) is 23.7 Å². The Morgan fingerprint density at radius 1 is 0.397 bits per heavy atom. The minimum absolute atomic E-state index is 0.351. The lowest BCUT2D eigenvalue weighted by atomic mass is 9.98. The molecule has 2 aromatic heterocycles. The van der Waals surface area contributed by atoms with E-state index in [0.717, 1.165) is 61.3 Å². The number of nitriles is 2. The van der Waals surface area contributed by atoms with Gasteiger partial charge in [0.15, 0.2) is 17.5 Å². The summed E-state index contributed by atoms with van der Waals surface area (Å²) in [6.07, 6.45) is -4.58. The quantitative estimate of drug-likeness (QED) is 0.160. The highest BCUT2D eigenvalue weighted by Gasteiger charge is 2.31. The third-order valence-corrected chi connectivity index (χ3v) is 11.2. The summed E-state index contributed by atoms with van der Waals surface area (Å²) in [5.41, 5.74) is 8.38. The zero-order valence-corrected chi connectivity index (χ0v) is 33.2. The normalized spacial score (nSPS) is 11.4. The molecule has 8 aromatic carbocycles. The number of hydrogen-bond acceptors (Lipinski definition) is 5. The zero-order chi connectivity index (χ0) is 43.1. The summed E-state index contributed by atoms with van der Waals surface area (Å²) in [6.45, 7) is 0. The molecule has 0 atom stereocenters. The molecular formula is C54H31F3N6. The van der Waals surface area contributed by atoms with Gasteiger partial charge >= 0.3 is 6.18 Å². The van der Waals surface area contributed by atoms with Crippen LogP contribution in [-0.2, 0) is 6.18 Å². The molecule has 2 heterocycles. The fourth-order valence-corrected chi connectivity index (χ4v) is 8.18. The molecule has 10 rings (SSSR count). The van der Waals surface area contributed by atoms with Crippen LogP contribution in [0.25, 0.3) is 95.0 Å². The first-order valence-corrected chi connectivity index (χ1v) is 20.0. The van der Waals surface area contributed by atoms with Gasteiger partial charge in [0.25, 0.3) is 0 Å². The first kappa shape index (κ1) is 38.5. The van der Waals surface area contributed by atoms with Gasteiger partial charge in [0.05, 0.1) is 45.5 Å². The van der Waals surface area contributed by atoms with Gasteiger partial charge in [0.2, 0.25) is 0 Å². The highest BCUT2D eigenvalue weighted by atomic mass is 19.4. The fourth-order valence-electron chi connectivity index (χ4n) is 8.18. The van der Waals surface area contributed by atoms with Crippen molar-refractivity contribution >= 4 is 21.8 Å². The van der Waals surface area contributed by atoms with Gasteiger partial charge < -0.3 is 4.57 Å². The minimum Gasteiger partial charge on any atom is -0.309 e. The average Bonchev–Trinajstić information content (AvgIpc) is 3.66. The van der Waals surface area contributed by atoms with Gasteiger partial charge in [-0.1, -0.05) is 146 Å². The van der Waals surface area contributed by atoms with Crippen molar-refractivity contribution in [2.24, 2.45) is 0 Å². The summed E-state index contributed by atoms with van der Waals surface area (Å²) in [5.74, 6) is 1.29. The van der Waals surface area contributed by atoms with Crippen LogP contribution in [-0.4, -0.2) is 19.5 Å². The van der Waals surface area contributed by atoms with Crippen LogP contribution in [0, 0.1) is 22.7 Å². The maximum atomic E-state index is 14.4. The average molecular weight is 821 g/mol. The lowest BCUT2D eigenvalue weighted by Gasteiger charge is -2.18. The van der Waals surface area contributed by atoms with E-state index in [-0.39, 0.29) is 0 Å². The minimum atomic E-state index is -4.58. The number of fused-ring (bicyclic) bond motifs is 3. The van der Waals surface area contributed by atoms with Crippen LogP contribution in [0.2, 0.25) is 0 Å². The van der Waals surface area contributed by atoms with Crippen molar-refractivity contribution in [3.8, 4) is 85.4 Å². The largest absolute Gasteiger partial charge is 0.416 e. The molecule has 0 fully saturated rings. The summed E-state index contributed by atoms with van der Waals surface area (Å²) in [7, 11) is 0. The molecule has 0 bridgehead atoms. The van der Waals surface area contributed by atoms with Crippen LogP contribution in [0.15, 0.2) is 188 Å². The Morgan fingerprint density at radius 3 is 1.35 bits per heavy atom. The summed E-state index contributed by atoms with van der Waals surface area (Å²) in [6, 6.07) is 61.5. The van der Waals surface area contributed by atoms with E-state index in [1.807, 2.05) is 152 Å². The van der Waals surface area contributed by atoms with Gasteiger partial charge in [0, 0.05) is 33.0 Å². The molecule has 63 heavy (non-hydrogen) atoms. The van der Waals surface area contributed by atoms with Gasteiger partial charge in [-0.3, -0.25) is 0 Å². The molecule has 6 nitrogen and oxygen atoms in total. The van der Waals surface area contributed by atoms with Crippen molar-refractivity contribution in [1.29, 1.82) is 10.5 Å². The first-order valence-electron chi connectivity index (χ1n) is 20.0. The van der Waals surface area contributed by atoms with Crippen molar-refractivity contribution in [2.75, 3.05) is 0 Å². The number of alkyl halides is 3. The SMILES string of the molecule is N#Cc1ccccc1-c1ccc2c3ccc(-c4ccccc4C#N)cc3n(-c3cc(-c4nc(-c5ccccc5)nc(-c5ccccc5)n4)ccc3-c3cccc(C(F)(F)F)c3)c2c1. The Morgan fingerprint density at radius 2 is 0.841 bits per heavy atom. The molecule has 0 N–H and O–H groups in total. The van der Waals surface area contributed by atoms with Crippen molar-refractivity contribution in [1.82, 2.24) is 19.5 Å². The Labute approximate surface area is 360 Å². The number of benzene rings is 8. The van der Waals surface area contributed by atoms with Crippen LogP contribution in [0.4, 0.5) is 13.2 Å². The molecule has 0 aliphatic carbocycles. The number of halogens is 3. The second-order valence-corrected chi connectivity index (χ2v) is 15.0. The maximum Gasteiger partial charge on any atom is 0.416 e. The predicted octanol–water partition coefficient (Wildman–Crippen LogP) is 13.7. The number of hydrogen-bond donors (Lipinski definition) is 0. The standard InChI is InChI=1S/C54H31F3N6/c55-54(56,57)42-19-11-18-36(28-42)45-25-24-39(53-61-51(34-12-3-1-4-13-34)60-52(62-53)35-14-5-2-6-15-35)31-48(45)63-49-29-37(43-20-9-7-16-40(43)32-58)22-26-46(49)47-27-23-38(30-50(47)63)44-21-10-8-17-41(44)33-59/h1-31H. The second kappa shape index (κ2) is 15.7. The Bertz CT molecular complexity index is 3300. The molecule has 0 unspecified atom stereocenters. The zero-order valence-electron chi connectivity index (χ0n) is 33.2. The molecule has 298 valence electrons. The molecule has 0 amide bonds. The summed E-state index contributed by atoms with van der Waals surface area (Å²) in [4.78, 5) is 14.9. The molecule has 0 spiro atoms. The van der Waals surface area contributed by atoms with E-state index in [0.29, 0.717) is 51.0 Å². The Kier molecular flexibility index (Phi) is 9.63. The lowest BCUT2D eigenvalue weighted by Crippen LogP contribution is -2.05. The molecule has 9 heteroatoms. The van der Waals surface area contributed by atoms with Crippen LogP contribution in [0.5, 0.6) is 0 Å². The fraction of sp³-hybridized carbons (Fsp3) is 0.0185. The van der Waals surface area contributed by atoms with E-state index < -0.39 is 11.7 Å². The van der Waals surface area contributed by atoms with Crippen molar-refractivity contribution < 1.29 is 13.2 Å². The predicted molar refractivity (Wildman–Crippen MR) is 241 cm³/mol. The van der Waals surface area contributed by atoms with Crippen LogP contribution in [0.1, 0.15) is 16.7 Å². The van der Waals surface area contributed by atoms with E-state index in [9.17, 15) is 23.7 Å². The molecule has 0 saturated carbocycles. The highest BCUT2D eigenvalue weighted by Crippen LogP contribution is 2.42. The van der Waals surface area contributed by atoms with Gasteiger partial charge in [-0.25, -0.2) is 15.0 Å². The summed E-state index contributed by atoms with van der Waals surface area (Å²) >= 11 is 0. The third kappa shape index (κ3) is 7.14. The molecule has 0 saturated heterocycles. The number of aromatic nitrogens is 4. The van der Waals surface area contributed by atoms with Gasteiger partial charge in [-0.15, -0.1) is 0 Å². The highest BCUT2D eigenvalue weighted by molar-refractivity contribution is 6.12. The Balaban J connectivity index is 1.31. The van der Waals surface area contributed by atoms with E-state index in [2.05, 4.69) is 16.7 Å². The van der Waals surface area contributed by atoms with Gasteiger partial charge in [0.1, 0.15) is 0 Å². The molecule has 10 aromatic rings. The van der Waals surface area contributed by atoms with Crippen LogP contribution < -0.4 is 0 Å². The number of nitrogens with zero attached hydrogens (tertiary/aromatic N) is 6.